The zero-order valence-electron chi connectivity index (χ0n) is 18.8. The summed E-state index contributed by atoms with van der Waals surface area (Å²) in [7, 11) is 1.62. The summed E-state index contributed by atoms with van der Waals surface area (Å²) in [5.74, 6) is 0.546. The highest BCUT2D eigenvalue weighted by Crippen LogP contribution is 2.32. The fraction of sp³-hybridized carbons (Fsp3) is 0.385. The number of methoxy groups -OCH3 is 1. The van der Waals surface area contributed by atoms with Crippen LogP contribution in [0, 0.1) is 11.8 Å². The summed E-state index contributed by atoms with van der Waals surface area (Å²) >= 11 is 0. The second kappa shape index (κ2) is 10.5. The minimum Gasteiger partial charge on any atom is -0.497 e. The van der Waals surface area contributed by atoms with Crippen molar-refractivity contribution in [2.45, 2.75) is 32.2 Å². The van der Waals surface area contributed by atoms with Crippen LogP contribution < -0.4 is 10.3 Å². The molecule has 0 bridgehead atoms. The molecule has 1 aromatic heterocycles. The number of aliphatic carboxylic acids is 1. The van der Waals surface area contributed by atoms with E-state index >= 15 is 0 Å². The number of hydrogen-bond donors (Lipinski definition) is 2. The fourth-order valence-electron chi connectivity index (χ4n) is 4.62. The molecule has 2 N–H and O–H groups in total. The summed E-state index contributed by atoms with van der Waals surface area (Å²) in [6, 6.07) is 17.5. The Hall–Kier alpha value is -3.32. The summed E-state index contributed by atoms with van der Waals surface area (Å²) in [4.78, 5) is 24.2. The van der Waals surface area contributed by atoms with Gasteiger partial charge in [0.05, 0.1) is 25.0 Å². The van der Waals surface area contributed by atoms with Gasteiger partial charge in [-0.15, -0.1) is 0 Å². The Bertz CT molecular complexity index is 1130. The predicted octanol–water partition coefficient (Wildman–Crippen LogP) is 4.43. The van der Waals surface area contributed by atoms with Crippen molar-refractivity contribution >= 4 is 5.97 Å². The lowest BCUT2D eigenvalue weighted by atomic mass is 9.82. The van der Waals surface area contributed by atoms with Gasteiger partial charge in [0.25, 0.3) is 5.56 Å². The molecule has 174 valence electrons. The number of hydrogen-bond acceptors (Lipinski definition) is 4. The van der Waals surface area contributed by atoms with Gasteiger partial charge in [-0.1, -0.05) is 42.5 Å². The van der Waals surface area contributed by atoms with E-state index in [-0.39, 0.29) is 12.2 Å². The van der Waals surface area contributed by atoms with E-state index in [1.807, 2.05) is 54.6 Å². The van der Waals surface area contributed by atoms with Gasteiger partial charge in [0, 0.05) is 12.1 Å². The van der Waals surface area contributed by atoms with Crippen LogP contribution in [-0.4, -0.2) is 41.2 Å². The molecule has 2 aromatic carbocycles. The molecule has 33 heavy (non-hydrogen) atoms. The Morgan fingerprint density at radius 3 is 2.42 bits per heavy atom. The van der Waals surface area contributed by atoms with E-state index in [4.69, 9.17) is 14.6 Å². The molecule has 0 aliphatic heterocycles. The Morgan fingerprint density at radius 2 is 1.73 bits per heavy atom. The van der Waals surface area contributed by atoms with Gasteiger partial charge in [-0.3, -0.25) is 14.6 Å². The van der Waals surface area contributed by atoms with E-state index in [1.165, 1.54) is 0 Å². The van der Waals surface area contributed by atoms with Gasteiger partial charge in [0.15, 0.2) is 0 Å². The SMILES string of the molecule is COc1cccc(-c2c(-c3ccccc3)[nH]n(CC3CCC(COCC(=O)O)CC3)c2=O)c1. The lowest BCUT2D eigenvalue weighted by Crippen LogP contribution is -2.27. The lowest BCUT2D eigenvalue weighted by Gasteiger charge is -2.28. The average Bonchev–Trinajstić information content (AvgIpc) is 3.16. The summed E-state index contributed by atoms with van der Waals surface area (Å²) < 4.78 is 12.4. The zero-order chi connectivity index (χ0) is 23.2. The molecule has 1 fully saturated rings. The van der Waals surface area contributed by atoms with Crippen molar-refractivity contribution in [2.24, 2.45) is 11.8 Å². The first kappa shape index (κ1) is 22.9. The van der Waals surface area contributed by atoms with Crippen LogP contribution in [0.1, 0.15) is 25.7 Å². The molecule has 1 aliphatic carbocycles. The molecule has 1 heterocycles. The van der Waals surface area contributed by atoms with Gasteiger partial charge in [-0.25, -0.2) is 4.79 Å². The van der Waals surface area contributed by atoms with Crippen LogP contribution in [0.4, 0.5) is 0 Å². The number of H-pyrrole nitrogens is 1. The smallest absolute Gasteiger partial charge is 0.329 e. The van der Waals surface area contributed by atoms with E-state index in [0.717, 1.165) is 42.5 Å². The van der Waals surface area contributed by atoms with Gasteiger partial charge in [-0.05, 0) is 55.2 Å². The number of carbonyl (C=O) groups is 1. The molecular weight excluding hydrogens is 420 g/mol. The van der Waals surface area contributed by atoms with Crippen molar-refractivity contribution in [3.05, 3.63) is 65.0 Å². The number of carboxylic acids is 1. The van der Waals surface area contributed by atoms with Crippen molar-refractivity contribution in [1.29, 1.82) is 0 Å². The zero-order valence-corrected chi connectivity index (χ0v) is 18.8. The second-order valence-electron chi connectivity index (χ2n) is 8.67. The lowest BCUT2D eigenvalue weighted by molar-refractivity contribution is -0.142. The minimum absolute atomic E-state index is 0.0333. The van der Waals surface area contributed by atoms with Gasteiger partial charge < -0.3 is 14.6 Å². The maximum Gasteiger partial charge on any atom is 0.329 e. The van der Waals surface area contributed by atoms with E-state index in [1.54, 1.807) is 11.8 Å². The van der Waals surface area contributed by atoms with Crippen molar-refractivity contribution in [3.8, 4) is 28.1 Å². The maximum absolute atomic E-state index is 13.5. The number of benzene rings is 2. The highest BCUT2D eigenvalue weighted by Gasteiger charge is 2.24. The van der Waals surface area contributed by atoms with Crippen LogP contribution in [0.15, 0.2) is 59.4 Å². The van der Waals surface area contributed by atoms with Crippen LogP contribution >= 0.6 is 0 Å². The molecule has 0 amide bonds. The Kier molecular flexibility index (Phi) is 7.29. The van der Waals surface area contributed by atoms with Crippen molar-refractivity contribution in [1.82, 2.24) is 9.78 Å². The van der Waals surface area contributed by atoms with Crippen molar-refractivity contribution in [2.75, 3.05) is 20.3 Å². The number of rotatable bonds is 9. The summed E-state index contributed by atoms with van der Waals surface area (Å²) in [6.45, 7) is 0.873. The molecule has 7 heteroatoms. The molecule has 7 nitrogen and oxygen atoms in total. The van der Waals surface area contributed by atoms with E-state index in [0.29, 0.717) is 36.3 Å². The van der Waals surface area contributed by atoms with Crippen LogP contribution in [0.2, 0.25) is 0 Å². The third-order valence-corrected chi connectivity index (χ3v) is 6.36. The average molecular weight is 451 g/mol. The number of nitrogens with zero attached hydrogens (tertiary/aromatic N) is 1. The van der Waals surface area contributed by atoms with E-state index in [2.05, 4.69) is 5.10 Å². The Morgan fingerprint density at radius 1 is 1.03 bits per heavy atom. The summed E-state index contributed by atoms with van der Waals surface area (Å²) in [5, 5.41) is 12.1. The quantitative estimate of drug-likeness (QED) is 0.503. The standard InChI is InChI=1S/C26H30N2O5/c1-32-22-9-5-8-21(14-22)24-25(20-6-3-2-4-7-20)27-28(26(24)31)15-18-10-12-19(13-11-18)16-33-17-23(29)30/h2-9,14,18-19,27H,10-13,15-17H2,1H3,(H,29,30). The highest BCUT2D eigenvalue weighted by atomic mass is 16.5. The molecule has 0 radical (unpaired) electrons. The Balaban J connectivity index is 1.54. The highest BCUT2D eigenvalue weighted by molar-refractivity contribution is 5.80. The molecule has 0 unspecified atom stereocenters. The molecule has 0 spiro atoms. The third kappa shape index (κ3) is 5.54. The topological polar surface area (TPSA) is 93.6 Å². The molecule has 3 aromatic rings. The first-order valence-corrected chi connectivity index (χ1v) is 11.4. The predicted molar refractivity (Wildman–Crippen MR) is 126 cm³/mol. The molecule has 1 saturated carbocycles. The number of ether oxygens (including phenoxy) is 2. The first-order chi connectivity index (χ1) is 16.0. The fourth-order valence-corrected chi connectivity index (χ4v) is 4.62. The molecule has 0 saturated heterocycles. The van der Waals surface area contributed by atoms with Crippen molar-refractivity contribution < 1.29 is 19.4 Å². The normalized spacial score (nSPS) is 18.2. The molecular formula is C26H30N2O5. The Labute approximate surface area is 193 Å². The first-order valence-electron chi connectivity index (χ1n) is 11.4. The monoisotopic (exact) mass is 450 g/mol. The third-order valence-electron chi connectivity index (χ3n) is 6.36. The molecule has 0 atom stereocenters. The van der Waals surface area contributed by atoms with Crippen LogP contribution in [-0.2, 0) is 16.1 Å². The summed E-state index contributed by atoms with van der Waals surface area (Å²) in [5.41, 5.74) is 3.22. The molecule has 1 aliphatic rings. The van der Waals surface area contributed by atoms with E-state index in [9.17, 15) is 9.59 Å². The number of nitrogens with one attached hydrogen (secondary N) is 1. The molecule has 4 rings (SSSR count). The van der Waals surface area contributed by atoms with E-state index < -0.39 is 5.97 Å². The van der Waals surface area contributed by atoms with Gasteiger partial charge in [-0.2, -0.15) is 0 Å². The van der Waals surface area contributed by atoms with Crippen LogP contribution in [0.25, 0.3) is 22.4 Å². The van der Waals surface area contributed by atoms with Crippen LogP contribution in [0.5, 0.6) is 5.75 Å². The second-order valence-corrected chi connectivity index (χ2v) is 8.67. The van der Waals surface area contributed by atoms with Gasteiger partial charge in [0.1, 0.15) is 12.4 Å². The number of aromatic amines is 1. The van der Waals surface area contributed by atoms with Gasteiger partial charge >= 0.3 is 5.97 Å². The largest absolute Gasteiger partial charge is 0.497 e. The number of aromatic nitrogens is 2. The van der Waals surface area contributed by atoms with Crippen LogP contribution in [0.3, 0.4) is 0 Å². The summed E-state index contributed by atoms with van der Waals surface area (Å²) in [6.07, 6.45) is 3.94. The van der Waals surface area contributed by atoms with Crippen molar-refractivity contribution in [3.63, 3.8) is 0 Å². The number of carboxylic acid groups (broad SMARTS) is 1. The maximum atomic E-state index is 13.5. The van der Waals surface area contributed by atoms with Gasteiger partial charge in [0.2, 0.25) is 0 Å². The minimum atomic E-state index is -0.934.